The summed E-state index contributed by atoms with van der Waals surface area (Å²) in [6.07, 6.45) is 1.41. The summed E-state index contributed by atoms with van der Waals surface area (Å²) >= 11 is 0. The van der Waals surface area contributed by atoms with Crippen LogP contribution < -0.4 is 15.8 Å². The monoisotopic (exact) mass is 266 g/mol. The molecule has 0 aromatic heterocycles. The lowest BCUT2D eigenvalue weighted by Gasteiger charge is -2.12. The largest absolute Gasteiger partial charge is 0.496 e. The Labute approximate surface area is 111 Å². The van der Waals surface area contributed by atoms with Crippen LogP contribution in [-0.4, -0.2) is 30.1 Å². The molecule has 19 heavy (non-hydrogen) atoms. The molecule has 0 saturated heterocycles. The second-order valence-electron chi connectivity index (χ2n) is 4.10. The van der Waals surface area contributed by atoms with E-state index in [1.54, 1.807) is 0 Å². The van der Waals surface area contributed by atoms with Gasteiger partial charge in [-0.3, -0.25) is 4.79 Å². The second-order valence-corrected chi connectivity index (χ2v) is 4.10. The molecule has 0 heterocycles. The molecule has 1 amide bonds. The summed E-state index contributed by atoms with van der Waals surface area (Å²) < 4.78 is 4.97. The predicted octanol–water partition coefficient (Wildman–Crippen LogP) is 1.46. The van der Waals surface area contributed by atoms with Crippen LogP contribution in [0.2, 0.25) is 0 Å². The number of methoxy groups -OCH3 is 1. The number of nitrogens with one attached hydrogen (secondary N) is 1. The average molecular weight is 266 g/mol. The summed E-state index contributed by atoms with van der Waals surface area (Å²) in [7, 11) is 1.37. The fourth-order valence-electron chi connectivity index (χ4n) is 1.62. The molecule has 1 aromatic carbocycles. The minimum Gasteiger partial charge on any atom is -0.496 e. The topological polar surface area (TPSA) is 102 Å². The summed E-state index contributed by atoms with van der Waals surface area (Å²) in [5.41, 5.74) is 6.18. The number of ether oxygens (including phenoxy) is 1. The van der Waals surface area contributed by atoms with Crippen LogP contribution in [0.5, 0.6) is 5.75 Å². The summed E-state index contributed by atoms with van der Waals surface area (Å²) in [6, 6.07) is 3.76. The molecule has 104 valence electrons. The lowest BCUT2D eigenvalue weighted by molar-refractivity contribution is -0.117. The minimum atomic E-state index is -1.09. The van der Waals surface area contributed by atoms with Crippen LogP contribution in [0, 0.1) is 0 Å². The average Bonchev–Trinajstić information content (AvgIpc) is 2.38. The number of nitrogens with two attached hydrogens (primary N) is 1. The number of carboxylic acids is 1. The van der Waals surface area contributed by atoms with Gasteiger partial charge in [0, 0.05) is 11.8 Å². The van der Waals surface area contributed by atoms with Crippen molar-refractivity contribution in [2.24, 2.45) is 5.73 Å². The Hall–Kier alpha value is -2.08. The third kappa shape index (κ3) is 3.96. The van der Waals surface area contributed by atoms with Gasteiger partial charge in [0.2, 0.25) is 5.91 Å². The summed E-state index contributed by atoms with van der Waals surface area (Å²) in [4.78, 5) is 22.6. The fourth-order valence-corrected chi connectivity index (χ4v) is 1.62. The van der Waals surface area contributed by atoms with Crippen molar-refractivity contribution in [3.8, 4) is 5.75 Å². The molecule has 0 fully saturated rings. The highest BCUT2D eigenvalue weighted by Crippen LogP contribution is 2.23. The highest BCUT2D eigenvalue weighted by Gasteiger charge is 2.15. The Morgan fingerprint density at radius 1 is 1.47 bits per heavy atom. The Bertz CT molecular complexity index is 474. The van der Waals surface area contributed by atoms with Gasteiger partial charge in [0.1, 0.15) is 11.3 Å². The number of carboxylic acid groups (broad SMARTS) is 1. The zero-order valence-corrected chi connectivity index (χ0v) is 11.0. The van der Waals surface area contributed by atoms with Gasteiger partial charge >= 0.3 is 5.97 Å². The van der Waals surface area contributed by atoms with Gasteiger partial charge in [-0.15, -0.1) is 0 Å². The fraction of sp³-hybridized carbons (Fsp3) is 0.385. The number of hydrogen-bond acceptors (Lipinski definition) is 4. The van der Waals surface area contributed by atoms with E-state index in [1.807, 2.05) is 6.92 Å². The van der Waals surface area contributed by atoms with Crippen molar-refractivity contribution in [2.75, 3.05) is 12.4 Å². The standard InChI is InChI=1S/C13H18N2O4/c1-3-4-10(14)12(16)15-8-5-6-9(13(17)18)11(7-8)19-2/h5-7,10H,3-4,14H2,1-2H3,(H,15,16)(H,17,18)/t10-/m0/s1. The van der Waals surface area contributed by atoms with Gasteiger partial charge in [0.05, 0.1) is 13.2 Å². The zero-order valence-electron chi connectivity index (χ0n) is 11.0. The van der Waals surface area contributed by atoms with Gasteiger partial charge in [-0.1, -0.05) is 13.3 Å². The van der Waals surface area contributed by atoms with Crippen molar-refractivity contribution in [1.29, 1.82) is 0 Å². The van der Waals surface area contributed by atoms with Crippen molar-refractivity contribution in [1.82, 2.24) is 0 Å². The summed E-state index contributed by atoms with van der Waals surface area (Å²) in [6.45, 7) is 1.94. The maximum Gasteiger partial charge on any atom is 0.339 e. The molecule has 0 saturated carbocycles. The zero-order chi connectivity index (χ0) is 14.4. The van der Waals surface area contributed by atoms with E-state index in [2.05, 4.69) is 5.32 Å². The van der Waals surface area contributed by atoms with Crippen LogP contribution >= 0.6 is 0 Å². The first-order chi connectivity index (χ1) is 8.99. The first-order valence-electron chi connectivity index (χ1n) is 5.97. The Morgan fingerprint density at radius 3 is 2.68 bits per heavy atom. The highest BCUT2D eigenvalue weighted by atomic mass is 16.5. The van der Waals surface area contributed by atoms with E-state index in [0.29, 0.717) is 12.1 Å². The van der Waals surface area contributed by atoms with Gasteiger partial charge in [-0.25, -0.2) is 4.79 Å². The molecule has 0 unspecified atom stereocenters. The molecule has 6 nitrogen and oxygen atoms in total. The number of aromatic carboxylic acids is 1. The Kier molecular flexibility index (Phi) is 5.32. The van der Waals surface area contributed by atoms with Crippen molar-refractivity contribution in [3.63, 3.8) is 0 Å². The molecule has 4 N–H and O–H groups in total. The number of rotatable bonds is 6. The lowest BCUT2D eigenvalue weighted by Crippen LogP contribution is -2.35. The normalized spacial score (nSPS) is 11.7. The lowest BCUT2D eigenvalue weighted by atomic mass is 10.1. The van der Waals surface area contributed by atoms with Crippen molar-refractivity contribution < 1.29 is 19.4 Å². The number of benzene rings is 1. The molecular formula is C13H18N2O4. The van der Waals surface area contributed by atoms with E-state index in [-0.39, 0.29) is 17.2 Å². The van der Waals surface area contributed by atoms with Gasteiger partial charge in [-0.2, -0.15) is 0 Å². The number of carbonyl (C=O) groups is 2. The number of carbonyl (C=O) groups excluding carboxylic acids is 1. The van der Waals surface area contributed by atoms with Crippen LogP contribution in [0.3, 0.4) is 0 Å². The van der Waals surface area contributed by atoms with Crippen LogP contribution in [0.4, 0.5) is 5.69 Å². The second kappa shape index (κ2) is 6.75. The van der Waals surface area contributed by atoms with E-state index in [4.69, 9.17) is 15.6 Å². The maximum absolute atomic E-state index is 11.7. The molecule has 0 aliphatic rings. The van der Waals surface area contributed by atoms with Crippen molar-refractivity contribution in [2.45, 2.75) is 25.8 Å². The molecule has 0 bridgehead atoms. The van der Waals surface area contributed by atoms with E-state index >= 15 is 0 Å². The molecule has 0 aliphatic heterocycles. The van der Waals surface area contributed by atoms with Crippen molar-refractivity contribution >= 4 is 17.6 Å². The molecule has 0 spiro atoms. The molecule has 0 aliphatic carbocycles. The Balaban J connectivity index is 2.86. The van der Waals surface area contributed by atoms with Crippen LogP contribution in [0.1, 0.15) is 30.1 Å². The van der Waals surface area contributed by atoms with Crippen LogP contribution in [0.15, 0.2) is 18.2 Å². The first-order valence-corrected chi connectivity index (χ1v) is 5.97. The van der Waals surface area contributed by atoms with E-state index < -0.39 is 12.0 Å². The summed E-state index contributed by atoms with van der Waals surface area (Å²) in [5.74, 6) is -1.20. The van der Waals surface area contributed by atoms with Gasteiger partial charge in [0.15, 0.2) is 0 Å². The molecule has 1 atom stereocenters. The van der Waals surface area contributed by atoms with E-state index in [0.717, 1.165) is 6.42 Å². The van der Waals surface area contributed by atoms with Gasteiger partial charge in [-0.05, 0) is 18.6 Å². The van der Waals surface area contributed by atoms with Crippen molar-refractivity contribution in [3.05, 3.63) is 23.8 Å². The third-order valence-electron chi connectivity index (χ3n) is 2.64. The predicted molar refractivity (Wildman–Crippen MR) is 71.5 cm³/mol. The van der Waals surface area contributed by atoms with Crippen LogP contribution in [-0.2, 0) is 4.79 Å². The van der Waals surface area contributed by atoms with Crippen LogP contribution in [0.25, 0.3) is 0 Å². The maximum atomic E-state index is 11.7. The smallest absolute Gasteiger partial charge is 0.339 e. The number of hydrogen-bond donors (Lipinski definition) is 3. The molecule has 1 aromatic rings. The minimum absolute atomic E-state index is 0.0401. The Morgan fingerprint density at radius 2 is 2.16 bits per heavy atom. The molecule has 1 rings (SSSR count). The van der Waals surface area contributed by atoms with E-state index in [9.17, 15) is 9.59 Å². The van der Waals surface area contributed by atoms with Gasteiger partial charge in [0.25, 0.3) is 0 Å². The first kappa shape index (κ1) is 15.0. The van der Waals surface area contributed by atoms with Gasteiger partial charge < -0.3 is 20.9 Å². The number of amides is 1. The van der Waals surface area contributed by atoms with E-state index in [1.165, 1.54) is 25.3 Å². The number of anilines is 1. The molecule has 0 radical (unpaired) electrons. The highest BCUT2D eigenvalue weighted by molar-refractivity contribution is 5.96. The SMILES string of the molecule is CCC[C@H](N)C(=O)Nc1ccc(C(=O)O)c(OC)c1. The quantitative estimate of drug-likeness (QED) is 0.723. The third-order valence-corrected chi connectivity index (χ3v) is 2.64. The molecular weight excluding hydrogens is 248 g/mol. The summed E-state index contributed by atoms with van der Waals surface area (Å²) in [5, 5.41) is 11.6. The molecule has 6 heteroatoms.